The van der Waals surface area contributed by atoms with Gasteiger partial charge in [0.25, 0.3) is 0 Å². The summed E-state index contributed by atoms with van der Waals surface area (Å²) in [5.41, 5.74) is 21.6. The van der Waals surface area contributed by atoms with Gasteiger partial charge in [-0.2, -0.15) is 0 Å². The Morgan fingerprint density at radius 1 is 0.292 bits per heavy atom. The molecule has 426 valence electrons. The maximum absolute atomic E-state index is 6.57. The molecule has 1 atom stereocenters. The summed E-state index contributed by atoms with van der Waals surface area (Å²) in [5.74, 6) is 3.49. The van der Waals surface area contributed by atoms with E-state index < -0.39 is 0 Å². The highest BCUT2D eigenvalue weighted by atomic mass is 16.3. The normalized spacial score (nSPS) is 14.3. The highest BCUT2D eigenvalue weighted by molar-refractivity contribution is 6.10. The second-order valence-corrected chi connectivity index (χ2v) is 23.3. The van der Waals surface area contributed by atoms with Crippen molar-refractivity contribution in [1.29, 1.82) is 0 Å². The first-order valence-corrected chi connectivity index (χ1v) is 30.6. The van der Waals surface area contributed by atoms with Gasteiger partial charge in [0, 0.05) is 67.0 Å². The van der Waals surface area contributed by atoms with Gasteiger partial charge in [-0.3, -0.25) is 9.97 Å². The van der Waals surface area contributed by atoms with E-state index in [2.05, 4.69) is 165 Å². The van der Waals surface area contributed by atoms with Crippen LogP contribution < -0.4 is 0 Å². The van der Waals surface area contributed by atoms with Crippen molar-refractivity contribution in [2.75, 3.05) is 0 Å². The number of aromatic nitrogens is 8. The minimum Gasteiger partial charge on any atom is -0.456 e. The molecule has 10 heteroatoms. The predicted molar refractivity (Wildman–Crippen MR) is 357 cm³/mol. The van der Waals surface area contributed by atoms with Crippen LogP contribution in [0.5, 0.6) is 0 Å². The Labute approximate surface area is 514 Å². The van der Waals surface area contributed by atoms with E-state index in [1.807, 2.05) is 103 Å². The number of rotatable bonds is 10. The summed E-state index contributed by atoms with van der Waals surface area (Å²) < 4.78 is 13.1. The van der Waals surface area contributed by atoms with E-state index in [9.17, 15) is 0 Å². The third kappa shape index (κ3) is 8.92. The molecule has 1 unspecified atom stereocenters. The molecule has 89 heavy (non-hydrogen) atoms. The first-order valence-electron chi connectivity index (χ1n) is 30.6. The van der Waals surface area contributed by atoms with Gasteiger partial charge in [-0.15, -0.1) is 0 Å². The summed E-state index contributed by atoms with van der Waals surface area (Å²) in [6.45, 7) is 9.25. The lowest BCUT2D eigenvalue weighted by atomic mass is 9.73. The second-order valence-electron chi connectivity index (χ2n) is 23.3. The molecule has 10 nitrogen and oxygen atoms in total. The van der Waals surface area contributed by atoms with Crippen molar-refractivity contribution in [3.05, 3.63) is 265 Å². The molecule has 0 radical (unpaired) electrons. The predicted octanol–water partition coefficient (Wildman–Crippen LogP) is 19.8. The zero-order chi connectivity index (χ0) is 59.8. The average Bonchev–Trinajstić information content (AvgIpc) is 1.66. The van der Waals surface area contributed by atoms with Crippen LogP contribution in [0.4, 0.5) is 0 Å². The van der Waals surface area contributed by atoms with Crippen LogP contribution in [-0.4, -0.2) is 39.9 Å². The molecule has 15 aromatic rings. The first kappa shape index (κ1) is 53.4. The largest absolute Gasteiger partial charge is 0.456 e. The number of hydrogen-bond acceptors (Lipinski definition) is 10. The van der Waals surface area contributed by atoms with Gasteiger partial charge in [-0.1, -0.05) is 185 Å². The standard InChI is InChI=1S/C44H33N3O.C35H25N5O/c1-3-44(4-2)37-18-12-11-17-33(37)35-27-40-36(26-38(35)44)34-24-23-32(25-39(34)48-40)28-19-21-31(22-20-28)43-46-41(29-13-7-5-8-14-29)45-42(47-43)30-15-9-6-10-16-30;1-3-35(2)26-11-5-4-10-22(26)24-20-31-25(19-27(24)35)23-15-14-21(18-30(23)41-31)32-38-33(28-12-6-8-16-36-28)40-34(39-32)29-13-7-9-17-37-29/h5-27H,3-4H2,1-2H3;4-20H,3H2,1-2H3. The topological polar surface area (TPSA) is 129 Å². The highest BCUT2D eigenvalue weighted by Gasteiger charge is 2.41. The quantitative estimate of drug-likeness (QED) is 0.130. The number of furan rings is 2. The smallest absolute Gasteiger partial charge is 0.182 e. The van der Waals surface area contributed by atoms with Crippen molar-refractivity contribution >= 4 is 43.9 Å². The Balaban J connectivity index is 0.000000145. The van der Waals surface area contributed by atoms with E-state index in [0.717, 1.165) is 91.1 Å². The molecular formula is C79H58N8O2. The molecule has 0 spiro atoms. The molecule has 0 saturated heterocycles. The lowest BCUT2D eigenvalue weighted by Crippen LogP contribution is -2.22. The van der Waals surface area contributed by atoms with Gasteiger partial charge in [0.05, 0.1) is 0 Å². The summed E-state index contributed by atoms with van der Waals surface area (Å²) in [7, 11) is 0. The molecule has 0 amide bonds. The van der Waals surface area contributed by atoms with E-state index in [1.165, 1.54) is 49.9 Å². The Morgan fingerprint density at radius 2 is 0.697 bits per heavy atom. The van der Waals surface area contributed by atoms with Crippen LogP contribution in [0.25, 0.3) is 146 Å². The maximum atomic E-state index is 6.57. The Morgan fingerprint density at radius 3 is 1.24 bits per heavy atom. The first-order chi connectivity index (χ1) is 43.8. The summed E-state index contributed by atoms with van der Waals surface area (Å²) in [4.78, 5) is 37.9. The fourth-order valence-electron chi connectivity index (χ4n) is 13.8. The number of pyridine rings is 2. The van der Waals surface area contributed by atoms with Crippen LogP contribution in [0.15, 0.2) is 252 Å². The van der Waals surface area contributed by atoms with Gasteiger partial charge < -0.3 is 8.83 Å². The summed E-state index contributed by atoms with van der Waals surface area (Å²) >= 11 is 0. The zero-order valence-corrected chi connectivity index (χ0v) is 49.6. The molecule has 6 aromatic heterocycles. The van der Waals surface area contributed by atoms with Crippen molar-refractivity contribution in [2.45, 2.75) is 57.8 Å². The molecule has 2 aliphatic carbocycles. The Bertz CT molecular complexity index is 5100. The minimum absolute atomic E-state index is 0.0295. The Kier molecular flexibility index (Phi) is 12.8. The van der Waals surface area contributed by atoms with Crippen LogP contribution in [0, 0.1) is 0 Å². The van der Waals surface area contributed by atoms with Crippen LogP contribution in [0.1, 0.15) is 69.2 Å². The summed E-state index contributed by atoms with van der Waals surface area (Å²) in [5, 5.41) is 4.53. The molecule has 0 saturated carbocycles. The van der Waals surface area contributed by atoms with Gasteiger partial charge in [0.15, 0.2) is 34.9 Å². The third-order valence-corrected chi connectivity index (χ3v) is 18.6. The summed E-state index contributed by atoms with van der Waals surface area (Å²) in [6.07, 6.45) is 6.64. The van der Waals surface area contributed by atoms with Crippen LogP contribution in [0.2, 0.25) is 0 Å². The lowest BCUT2D eigenvalue weighted by Gasteiger charge is -2.29. The molecule has 0 aliphatic heterocycles. The maximum Gasteiger partial charge on any atom is 0.182 e. The zero-order valence-electron chi connectivity index (χ0n) is 49.6. The van der Waals surface area contributed by atoms with Crippen molar-refractivity contribution in [2.24, 2.45) is 0 Å². The van der Waals surface area contributed by atoms with Gasteiger partial charge in [0.1, 0.15) is 33.7 Å². The molecule has 2 aliphatic rings. The minimum atomic E-state index is -0.0295. The fourth-order valence-corrected chi connectivity index (χ4v) is 13.8. The van der Waals surface area contributed by atoms with Crippen molar-refractivity contribution < 1.29 is 8.83 Å². The van der Waals surface area contributed by atoms with Gasteiger partial charge >= 0.3 is 0 Å². The van der Waals surface area contributed by atoms with Gasteiger partial charge in [0.2, 0.25) is 0 Å². The average molecular weight is 1150 g/mol. The van der Waals surface area contributed by atoms with E-state index in [-0.39, 0.29) is 10.8 Å². The van der Waals surface area contributed by atoms with Crippen LogP contribution in [-0.2, 0) is 10.8 Å². The van der Waals surface area contributed by atoms with Crippen molar-refractivity contribution in [3.63, 3.8) is 0 Å². The van der Waals surface area contributed by atoms with Crippen LogP contribution >= 0.6 is 0 Å². The van der Waals surface area contributed by atoms with E-state index in [4.69, 9.17) is 38.7 Å². The van der Waals surface area contributed by atoms with Crippen LogP contribution in [0.3, 0.4) is 0 Å². The van der Waals surface area contributed by atoms with E-state index in [1.54, 1.807) is 12.4 Å². The number of benzene rings is 9. The van der Waals surface area contributed by atoms with Crippen molar-refractivity contribution in [1.82, 2.24) is 39.9 Å². The van der Waals surface area contributed by atoms with E-state index in [0.29, 0.717) is 46.3 Å². The molecule has 9 aromatic carbocycles. The molecule has 0 N–H and O–H groups in total. The molecule has 6 heterocycles. The molecule has 0 bridgehead atoms. The van der Waals surface area contributed by atoms with Gasteiger partial charge in [-0.05, 0) is 148 Å². The fraction of sp³-hybridized carbons (Fsp3) is 0.114. The van der Waals surface area contributed by atoms with Gasteiger partial charge in [-0.25, -0.2) is 29.9 Å². The SMILES string of the molecule is CCC1(C)c2ccccc2-c2cc3oc4cc(-c5nc(-c6ccccn6)nc(-c6ccccn6)n5)ccc4c3cc21.CCC1(CC)c2ccccc2-c2cc3oc4cc(-c5ccc(-c6nc(-c7ccccc7)nc(-c7ccccc7)n6)cc5)ccc4c3cc21. The number of fused-ring (bicyclic) bond motifs is 12. The summed E-state index contributed by atoms with van der Waals surface area (Å²) in [6, 6.07) is 79.6. The molecule has 17 rings (SSSR count). The molecule has 0 fully saturated rings. The van der Waals surface area contributed by atoms with E-state index >= 15 is 0 Å². The molecular weight excluding hydrogens is 1090 g/mol. The lowest BCUT2D eigenvalue weighted by molar-refractivity contribution is 0.491. The third-order valence-electron chi connectivity index (χ3n) is 18.6. The monoisotopic (exact) mass is 1150 g/mol. The van der Waals surface area contributed by atoms with Crippen molar-refractivity contribution in [3.8, 4) is 102 Å². The number of nitrogens with zero attached hydrogens (tertiary/aromatic N) is 8. The highest BCUT2D eigenvalue weighted by Crippen LogP contribution is 2.55. The second kappa shape index (κ2) is 21.4. The Hall–Kier alpha value is -11.1. The number of hydrogen-bond donors (Lipinski definition) is 0.